The summed E-state index contributed by atoms with van der Waals surface area (Å²) in [6.45, 7) is 3.35. The van der Waals surface area contributed by atoms with Gasteiger partial charge in [-0.1, -0.05) is 0 Å². The van der Waals surface area contributed by atoms with Crippen molar-refractivity contribution in [3.05, 3.63) is 41.5 Å². The van der Waals surface area contributed by atoms with E-state index in [1.165, 1.54) is 25.1 Å². The SMILES string of the molecule is CC(=O)c1cc2c(cc1NS(=O)(=O)c1ccc3c(c1)CC(C)N3C(=O)C1CC1)OCO2. The van der Waals surface area contributed by atoms with Crippen LogP contribution in [0.15, 0.2) is 35.2 Å². The van der Waals surface area contributed by atoms with Crippen LogP contribution < -0.4 is 19.1 Å². The highest BCUT2D eigenvalue weighted by Crippen LogP contribution is 2.41. The third-order valence-corrected chi connectivity index (χ3v) is 7.24. The molecule has 9 heteroatoms. The number of sulfonamides is 1. The van der Waals surface area contributed by atoms with Crippen molar-refractivity contribution >= 4 is 33.1 Å². The maximum Gasteiger partial charge on any atom is 0.261 e. The Morgan fingerprint density at radius 3 is 2.48 bits per heavy atom. The van der Waals surface area contributed by atoms with E-state index >= 15 is 0 Å². The second-order valence-corrected chi connectivity index (χ2v) is 9.92. The number of nitrogens with one attached hydrogen (secondary N) is 1. The predicted octanol–water partition coefficient (Wildman–Crippen LogP) is 3.11. The standard InChI is InChI=1S/C22H22N2O6S/c1-12-7-15-8-16(5-6-19(15)24(12)22(26)14-3-4-14)31(27,28)23-18-10-21-20(29-11-30-21)9-17(18)13(2)25/h5-6,8-10,12,14,23H,3-4,7,11H2,1-2H3. The van der Waals surface area contributed by atoms with Gasteiger partial charge in [0.05, 0.1) is 10.6 Å². The summed E-state index contributed by atoms with van der Waals surface area (Å²) < 4.78 is 39.4. The first-order chi connectivity index (χ1) is 14.7. The molecule has 162 valence electrons. The molecular weight excluding hydrogens is 420 g/mol. The fourth-order valence-corrected chi connectivity index (χ4v) is 5.28. The van der Waals surface area contributed by atoms with Gasteiger partial charge < -0.3 is 14.4 Å². The number of benzene rings is 2. The number of fused-ring (bicyclic) bond motifs is 2. The monoisotopic (exact) mass is 442 g/mol. The minimum atomic E-state index is -3.97. The van der Waals surface area contributed by atoms with Crippen LogP contribution in [0, 0.1) is 5.92 Å². The fraction of sp³-hybridized carbons (Fsp3) is 0.364. The number of Topliss-reactive ketones (excluding diaryl/α,β-unsaturated/α-hetero) is 1. The largest absolute Gasteiger partial charge is 0.454 e. The van der Waals surface area contributed by atoms with Crippen LogP contribution in [0.2, 0.25) is 0 Å². The van der Waals surface area contributed by atoms with Gasteiger partial charge in [0.2, 0.25) is 12.7 Å². The number of ether oxygens (including phenoxy) is 2. The number of ketones is 1. The molecule has 2 aromatic rings. The van der Waals surface area contributed by atoms with Crippen molar-refractivity contribution in [2.75, 3.05) is 16.4 Å². The normalized spacial score (nSPS) is 19.3. The Labute approximate surface area is 180 Å². The van der Waals surface area contributed by atoms with Crippen molar-refractivity contribution in [1.29, 1.82) is 0 Å². The van der Waals surface area contributed by atoms with Crippen molar-refractivity contribution in [2.24, 2.45) is 5.92 Å². The number of amides is 1. The number of carbonyl (C=O) groups is 2. The van der Waals surface area contributed by atoms with Crippen LogP contribution in [0.1, 0.15) is 42.6 Å². The van der Waals surface area contributed by atoms with Gasteiger partial charge in [0.25, 0.3) is 10.0 Å². The molecule has 8 nitrogen and oxygen atoms in total. The van der Waals surface area contributed by atoms with Crippen LogP contribution in [0.4, 0.5) is 11.4 Å². The van der Waals surface area contributed by atoms with Gasteiger partial charge in [-0.05, 0) is 62.9 Å². The molecule has 2 aromatic carbocycles. The Hall–Kier alpha value is -3.07. The quantitative estimate of drug-likeness (QED) is 0.714. The van der Waals surface area contributed by atoms with Crippen molar-refractivity contribution < 1.29 is 27.5 Å². The molecule has 2 aliphatic heterocycles. The summed E-state index contributed by atoms with van der Waals surface area (Å²) in [4.78, 5) is 26.6. The van der Waals surface area contributed by atoms with E-state index in [4.69, 9.17) is 9.47 Å². The number of rotatable bonds is 5. The number of anilines is 2. The molecule has 1 N–H and O–H groups in total. The smallest absolute Gasteiger partial charge is 0.261 e. The van der Waals surface area contributed by atoms with Gasteiger partial charge in [-0.25, -0.2) is 8.42 Å². The van der Waals surface area contributed by atoms with E-state index in [0.29, 0.717) is 17.9 Å². The Morgan fingerprint density at radius 1 is 1.10 bits per heavy atom. The average molecular weight is 442 g/mol. The van der Waals surface area contributed by atoms with Crippen molar-refractivity contribution in [2.45, 2.75) is 44.0 Å². The second-order valence-electron chi connectivity index (χ2n) is 8.24. The van der Waals surface area contributed by atoms with E-state index in [1.807, 2.05) is 6.92 Å². The van der Waals surface area contributed by atoms with Crippen LogP contribution in [-0.2, 0) is 21.2 Å². The summed E-state index contributed by atoms with van der Waals surface area (Å²) in [5, 5.41) is 0. The first-order valence-electron chi connectivity index (χ1n) is 10.2. The molecule has 5 rings (SSSR count). The second kappa shape index (κ2) is 6.98. The molecule has 0 radical (unpaired) electrons. The molecule has 1 amide bonds. The lowest BCUT2D eigenvalue weighted by Crippen LogP contribution is -2.36. The van der Waals surface area contributed by atoms with Crippen molar-refractivity contribution in [3.8, 4) is 11.5 Å². The lowest BCUT2D eigenvalue weighted by molar-refractivity contribution is -0.120. The van der Waals surface area contributed by atoms with Crippen LogP contribution >= 0.6 is 0 Å². The molecule has 1 saturated carbocycles. The first-order valence-corrected chi connectivity index (χ1v) is 11.7. The summed E-state index contributed by atoms with van der Waals surface area (Å²) in [7, 11) is -3.97. The van der Waals surface area contributed by atoms with E-state index in [9.17, 15) is 18.0 Å². The van der Waals surface area contributed by atoms with E-state index in [-0.39, 0.29) is 46.6 Å². The maximum atomic E-state index is 13.1. The van der Waals surface area contributed by atoms with E-state index in [2.05, 4.69) is 4.72 Å². The molecule has 0 saturated heterocycles. The molecule has 1 atom stereocenters. The van der Waals surface area contributed by atoms with Crippen LogP contribution in [-0.4, -0.2) is 32.9 Å². The lowest BCUT2D eigenvalue weighted by Gasteiger charge is -2.22. The van der Waals surface area contributed by atoms with E-state index in [1.54, 1.807) is 17.0 Å². The summed E-state index contributed by atoms with van der Waals surface area (Å²) in [6, 6.07) is 7.73. The van der Waals surface area contributed by atoms with Crippen molar-refractivity contribution in [1.82, 2.24) is 0 Å². The number of carbonyl (C=O) groups excluding carboxylic acids is 2. The van der Waals surface area contributed by atoms with Crippen molar-refractivity contribution in [3.63, 3.8) is 0 Å². The van der Waals surface area contributed by atoms with Gasteiger partial charge >= 0.3 is 0 Å². The molecule has 0 bridgehead atoms. The predicted molar refractivity (Wildman–Crippen MR) is 113 cm³/mol. The zero-order valence-electron chi connectivity index (χ0n) is 17.2. The molecule has 1 fully saturated rings. The Morgan fingerprint density at radius 2 is 1.81 bits per heavy atom. The molecule has 2 heterocycles. The van der Waals surface area contributed by atoms with E-state index in [0.717, 1.165) is 24.1 Å². The number of nitrogens with zero attached hydrogens (tertiary/aromatic N) is 1. The lowest BCUT2D eigenvalue weighted by atomic mass is 10.1. The summed E-state index contributed by atoms with van der Waals surface area (Å²) in [5.41, 5.74) is 1.93. The Bertz CT molecular complexity index is 1220. The highest BCUT2D eigenvalue weighted by Gasteiger charge is 2.39. The highest BCUT2D eigenvalue weighted by molar-refractivity contribution is 7.92. The van der Waals surface area contributed by atoms with E-state index < -0.39 is 10.0 Å². The van der Waals surface area contributed by atoms with Gasteiger partial charge in [0.1, 0.15) is 0 Å². The molecule has 3 aliphatic rings. The maximum absolute atomic E-state index is 13.1. The molecular formula is C22H22N2O6S. The van der Waals surface area contributed by atoms with Gasteiger partial charge in [0.15, 0.2) is 17.3 Å². The Balaban J connectivity index is 1.47. The minimum absolute atomic E-state index is 0.00723. The molecule has 31 heavy (non-hydrogen) atoms. The third kappa shape index (κ3) is 3.42. The van der Waals surface area contributed by atoms with Crippen LogP contribution in [0.3, 0.4) is 0 Å². The molecule has 1 aliphatic carbocycles. The number of hydrogen-bond donors (Lipinski definition) is 1. The fourth-order valence-electron chi connectivity index (χ4n) is 4.16. The van der Waals surface area contributed by atoms with Gasteiger partial charge in [0, 0.05) is 29.3 Å². The third-order valence-electron chi connectivity index (χ3n) is 5.88. The van der Waals surface area contributed by atoms with Gasteiger partial charge in [-0.2, -0.15) is 0 Å². The van der Waals surface area contributed by atoms with Gasteiger partial charge in [-0.3, -0.25) is 14.3 Å². The highest BCUT2D eigenvalue weighted by atomic mass is 32.2. The topological polar surface area (TPSA) is 102 Å². The zero-order chi connectivity index (χ0) is 21.9. The van der Waals surface area contributed by atoms with Gasteiger partial charge in [-0.15, -0.1) is 0 Å². The number of hydrogen-bond acceptors (Lipinski definition) is 6. The molecule has 1 unspecified atom stereocenters. The summed E-state index contributed by atoms with van der Waals surface area (Å²) in [5.74, 6) is 0.689. The summed E-state index contributed by atoms with van der Waals surface area (Å²) >= 11 is 0. The average Bonchev–Trinajstić information content (AvgIpc) is 3.37. The van der Waals surface area contributed by atoms with Crippen LogP contribution in [0.25, 0.3) is 0 Å². The minimum Gasteiger partial charge on any atom is -0.454 e. The zero-order valence-corrected chi connectivity index (χ0v) is 18.0. The molecule has 0 aromatic heterocycles. The molecule has 0 spiro atoms. The Kier molecular flexibility index (Phi) is 4.47. The first kappa shape index (κ1) is 19.9. The summed E-state index contributed by atoms with van der Waals surface area (Å²) in [6.07, 6.45) is 2.43. The van der Waals surface area contributed by atoms with Crippen LogP contribution in [0.5, 0.6) is 11.5 Å².